The van der Waals surface area contributed by atoms with Gasteiger partial charge in [0.05, 0.1) is 6.20 Å². The molecule has 0 radical (unpaired) electrons. The Kier molecular flexibility index (Phi) is 2.46. The van der Waals surface area contributed by atoms with Crippen LogP contribution in [0.5, 0.6) is 0 Å². The fraction of sp³-hybridized carbons (Fsp3) is 0.583. The molecule has 1 aliphatic carbocycles. The summed E-state index contributed by atoms with van der Waals surface area (Å²) in [4.78, 5) is 13.2. The number of hydrogen-bond donors (Lipinski definition) is 1. The number of carboxylic acid groups (broad SMARTS) is 1. The molecule has 0 aromatic carbocycles. The van der Waals surface area contributed by atoms with Gasteiger partial charge in [-0.05, 0) is 30.7 Å². The van der Waals surface area contributed by atoms with Crippen LogP contribution in [0.1, 0.15) is 29.6 Å². The van der Waals surface area contributed by atoms with Gasteiger partial charge in [-0.1, -0.05) is 6.42 Å². The Morgan fingerprint density at radius 1 is 1.35 bits per heavy atom. The van der Waals surface area contributed by atoms with Gasteiger partial charge in [0, 0.05) is 13.1 Å². The molecule has 0 bridgehead atoms. The van der Waals surface area contributed by atoms with Gasteiger partial charge in [-0.15, -0.1) is 5.10 Å². The van der Waals surface area contributed by atoms with Crippen molar-refractivity contribution in [2.45, 2.75) is 19.3 Å². The van der Waals surface area contributed by atoms with Crippen LogP contribution in [0.25, 0.3) is 0 Å². The highest BCUT2D eigenvalue weighted by molar-refractivity contribution is 5.93. The standard InChI is InChI=1S/C12H15N3O2/c16-12(17)10-4-5-13-14-11(10)15-6-8-2-1-3-9(8)7-15/h4-5,8-9H,1-3,6-7H2,(H,16,17). The summed E-state index contributed by atoms with van der Waals surface area (Å²) >= 11 is 0. The molecule has 0 amide bonds. The molecule has 5 nitrogen and oxygen atoms in total. The fourth-order valence-electron chi connectivity index (χ4n) is 3.13. The number of rotatable bonds is 2. The summed E-state index contributed by atoms with van der Waals surface area (Å²) < 4.78 is 0. The highest BCUT2D eigenvalue weighted by Gasteiger charge is 2.37. The predicted octanol–water partition coefficient (Wildman–Crippen LogP) is 1.41. The molecular weight excluding hydrogens is 218 g/mol. The normalized spacial score (nSPS) is 27.2. The third-order valence-electron chi connectivity index (χ3n) is 3.96. The van der Waals surface area contributed by atoms with E-state index in [0.29, 0.717) is 5.82 Å². The number of aromatic nitrogens is 2. The van der Waals surface area contributed by atoms with Crippen molar-refractivity contribution >= 4 is 11.8 Å². The summed E-state index contributed by atoms with van der Waals surface area (Å²) in [7, 11) is 0. The Hall–Kier alpha value is -1.65. The molecule has 0 spiro atoms. The van der Waals surface area contributed by atoms with Crippen LogP contribution in [0.15, 0.2) is 12.3 Å². The van der Waals surface area contributed by atoms with Crippen molar-refractivity contribution in [2.24, 2.45) is 11.8 Å². The van der Waals surface area contributed by atoms with Gasteiger partial charge in [0.2, 0.25) is 0 Å². The summed E-state index contributed by atoms with van der Waals surface area (Å²) in [6, 6.07) is 1.53. The second kappa shape index (κ2) is 3.98. The Balaban J connectivity index is 1.88. The van der Waals surface area contributed by atoms with Crippen LogP contribution in [0.2, 0.25) is 0 Å². The van der Waals surface area contributed by atoms with E-state index in [-0.39, 0.29) is 5.56 Å². The Morgan fingerprint density at radius 3 is 2.71 bits per heavy atom. The molecule has 5 heteroatoms. The maximum Gasteiger partial charge on any atom is 0.339 e. The van der Waals surface area contributed by atoms with Crippen LogP contribution < -0.4 is 4.90 Å². The Bertz CT molecular complexity index is 437. The van der Waals surface area contributed by atoms with Gasteiger partial charge in [-0.3, -0.25) is 0 Å². The molecule has 1 aromatic heterocycles. The number of carbonyl (C=O) groups is 1. The molecule has 17 heavy (non-hydrogen) atoms. The van der Waals surface area contributed by atoms with E-state index in [1.165, 1.54) is 31.5 Å². The van der Waals surface area contributed by atoms with E-state index < -0.39 is 5.97 Å². The zero-order chi connectivity index (χ0) is 11.8. The zero-order valence-corrected chi connectivity index (χ0v) is 9.54. The van der Waals surface area contributed by atoms with Crippen molar-refractivity contribution in [3.63, 3.8) is 0 Å². The van der Waals surface area contributed by atoms with Crippen molar-refractivity contribution in [1.29, 1.82) is 0 Å². The van der Waals surface area contributed by atoms with E-state index in [0.717, 1.165) is 24.9 Å². The molecule has 2 heterocycles. The second-order valence-corrected chi connectivity index (χ2v) is 4.93. The lowest BCUT2D eigenvalue weighted by Crippen LogP contribution is -2.24. The van der Waals surface area contributed by atoms with Crippen LogP contribution in [0, 0.1) is 11.8 Å². The predicted molar refractivity (Wildman–Crippen MR) is 62.0 cm³/mol. The molecule has 3 rings (SSSR count). The van der Waals surface area contributed by atoms with E-state index in [1.54, 1.807) is 0 Å². The van der Waals surface area contributed by atoms with Gasteiger partial charge < -0.3 is 10.0 Å². The minimum Gasteiger partial charge on any atom is -0.478 e. The largest absolute Gasteiger partial charge is 0.478 e. The summed E-state index contributed by atoms with van der Waals surface area (Å²) in [5.41, 5.74) is 0.264. The van der Waals surface area contributed by atoms with Crippen LogP contribution in [-0.4, -0.2) is 34.4 Å². The average molecular weight is 233 g/mol. The first kappa shape index (κ1) is 10.5. The monoisotopic (exact) mass is 233 g/mol. The maximum absolute atomic E-state index is 11.1. The highest BCUT2D eigenvalue weighted by atomic mass is 16.4. The number of anilines is 1. The van der Waals surface area contributed by atoms with E-state index in [4.69, 9.17) is 5.11 Å². The fourth-order valence-corrected chi connectivity index (χ4v) is 3.13. The van der Waals surface area contributed by atoms with Crippen molar-refractivity contribution in [3.05, 3.63) is 17.8 Å². The second-order valence-electron chi connectivity index (χ2n) is 4.93. The van der Waals surface area contributed by atoms with Crippen LogP contribution in [0.3, 0.4) is 0 Å². The van der Waals surface area contributed by atoms with Crippen molar-refractivity contribution in [1.82, 2.24) is 10.2 Å². The first-order valence-corrected chi connectivity index (χ1v) is 6.05. The lowest BCUT2D eigenvalue weighted by Gasteiger charge is -2.19. The maximum atomic E-state index is 11.1. The molecule has 2 unspecified atom stereocenters. The van der Waals surface area contributed by atoms with Gasteiger partial charge in [0.25, 0.3) is 0 Å². The lowest BCUT2D eigenvalue weighted by atomic mass is 10.0. The molecule has 1 aliphatic heterocycles. The molecule has 1 N–H and O–H groups in total. The first-order valence-electron chi connectivity index (χ1n) is 6.05. The average Bonchev–Trinajstić information content (AvgIpc) is 2.88. The van der Waals surface area contributed by atoms with Crippen molar-refractivity contribution in [3.8, 4) is 0 Å². The summed E-state index contributed by atoms with van der Waals surface area (Å²) in [6.45, 7) is 1.87. The summed E-state index contributed by atoms with van der Waals surface area (Å²) in [5.74, 6) is 1.05. The Morgan fingerprint density at radius 2 is 2.06 bits per heavy atom. The van der Waals surface area contributed by atoms with Gasteiger partial charge in [0.15, 0.2) is 5.82 Å². The summed E-state index contributed by atoms with van der Waals surface area (Å²) in [5, 5.41) is 17.0. The molecule has 2 fully saturated rings. The van der Waals surface area contributed by atoms with Gasteiger partial charge in [-0.25, -0.2) is 4.79 Å². The van der Waals surface area contributed by atoms with Gasteiger partial charge in [0.1, 0.15) is 5.56 Å². The molecule has 1 aromatic rings. The number of fused-ring (bicyclic) bond motifs is 1. The SMILES string of the molecule is O=C(O)c1ccnnc1N1CC2CCCC2C1. The Labute approximate surface area is 99.5 Å². The quantitative estimate of drug-likeness (QED) is 0.836. The van der Waals surface area contributed by atoms with Crippen LogP contribution in [-0.2, 0) is 0 Å². The molecular formula is C12H15N3O2. The van der Waals surface area contributed by atoms with Gasteiger partial charge in [-0.2, -0.15) is 5.10 Å². The third kappa shape index (κ3) is 1.75. The third-order valence-corrected chi connectivity index (χ3v) is 3.96. The topological polar surface area (TPSA) is 66.3 Å². The van der Waals surface area contributed by atoms with E-state index in [9.17, 15) is 4.79 Å². The first-order chi connectivity index (χ1) is 8.25. The van der Waals surface area contributed by atoms with Crippen molar-refractivity contribution < 1.29 is 9.90 Å². The molecule has 1 saturated heterocycles. The smallest absolute Gasteiger partial charge is 0.339 e. The minimum absolute atomic E-state index is 0.264. The van der Waals surface area contributed by atoms with Crippen LogP contribution in [0.4, 0.5) is 5.82 Å². The number of hydrogen-bond acceptors (Lipinski definition) is 4. The van der Waals surface area contributed by atoms with E-state index in [1.807, 2.05) is 0 Å². The number of aromatic carboxylic acids is 1. The zero-order valence-electron chi connectivity index (χ0n) is 9.54. The van der Waals surface area contributed by atoms with Gasteiger partial charge >= 0.3 is 5.97 Å². The van der Waals surface area contributed by atoms with Crippen LogP contribution >= 0.6 is 0 Å². The molecule has 2 atom stereocenters. The minimum atomic E-state index is -0.924. The van der Waals surface area contributed by atoms with Crippen molar-refractivity contribution in [2.75, 3.05) is 18.0 Å². The highest BCUT2D eigenvalue weighted by Crippen LogP contribution is 2.39. The lowest BCUT2D eigenvalue weighted by molar-refractivity contribution is 0.0697. The van der Waals surface area contributed by atoms with E-state index >= 15 is 0 Å². The molecule has 2 aliphatic rings. The molecule has 90 valence electrons. The molecule has 1 saturated carbocycles. The number of nitrogens with zero attached hydrogens (tertiary/aromatic N) is 3. The number of carboxylic acids is 1. The summed E-state index contributed by atoms with van der Waals surface area (Å²) in [6.07, 6.45) is 5.28. The van der Waals surface area contributed by atoms with E-state index in [2.05, 4.69) is 15.1 Å².